The van der Waals surface area contributed by atoms with Crippen molar-refractivity contribution in [2.24, 2.45) is 0 Å². The minimum absolute atomic E-state index is 0.0133. The molecule has 0 atom stereocenters. The van der Waals surface area contributed by atoms with Crippen LogP contribution in [0.2, 0.25) is 0 Å². The zero-order valence-corrected chi connectivity index (χ0v) is 11.2. The average molecular weight is 304 g/mol. The van der Waals surface area contributed by atoms with E-state index >= 15 is 0 Å². The molecule has 2 aromatic rings. The number of carbonyl (C=O) groups is 2. The first-order valence-electron chi connectivity index (χ1n) is 6.11. The van der Waals surface area contributed by atoms with Crippen LogP contribution in [-0.2, 0) is 4.79 Å². The third kappa shape index (κ3) is 3.85. The summed E-state index contributed by atoms with van der Waals surface area (Å²) >= 11 is 0. The summed E-state index contributed by atoms with van der Waals surface area (Å²) in [6.45, 7) is -0.582. The Hall–Kier alpha value is -3.29. The van der Waals surface area contributed by atoms with E-state index in [-0.39, 0.29) is 17.2 Å². The molecule has 0 fully saturated rings. The third-order valence-corrected chi connectivity index (χ3v) is 2.51. The van der Waals surface area contributed by atoms with Crippen LogP contribution in [0.15, 0.2) is 36.5 Å². The highest BCUT2D eigenvalue weighted by Gasteiger charge is 2.15. The number of phenols is 1. The normalized spacial score (nSPS) is 10.0. The number of hydrogen-bond donors (Lipinski definition) is 4. The fourth-order valence-corrected chi connectivity index (χ4v) is 1.59. The molecule has 22 heavy (non-hydrogen) atoms. The minimum atomic E-state index is -1.21. The molecule has 4 N–H and O–H groups in total. The van der Waals surface area contributed by atoms with Crippen LogP contribution in [0.3, 0.4) is 0 Å². The highest BCUT2D eigenvalue weighted by Crippen LogP contribution is 2.27. The molecule has 0 bridgehead atoms. The zero-order valence-electron chi connectivity index (χ0n) is 11.2. The van der Waals surface area contributed by atoms with Gasteiger partial charge in [0.15, 0.2) is 11.4 Å². The lowest BCUT2D eigenvalue weighted by Crippen LogP contribution is -2.29. The molecule has 0 aliphatic carbocycles. The van der Waals surface area contributed by atoms with Gasteiger partial charge in [-0.1, -0.05) is 6.07 Å². The minimum Gasteiger partial charge on any atom is -0.508 e. The molecule has 8 nitrogen and oxygen atoms in total. The average Bonchev–Trinajstić information content (AvgIpc) is 2.45. The molecule has 0 saturated heterocycles. The van der Waals surface area contributed by atoms with Gasteiger partial charge in [-0.05, 0) is 12.1 Å². The van der Waals surface area contributed by atoms with Crippen LogP contribution in [0.4, 0.5) is 0 Å². The van der Waals surface area contributed by atoms with Crippen LogP contribution in [0.1, 0.15) is 10.5 Å². The standard InChI is InChI=1S/C14H12N2O6/c17-8-2-1-3-9(4-8)22-10-5-11(18)13(15-6-10)14(21)16-7-12(19)20/h1-6,17-18H,7H2,(H,16,21)(H,19,20). The molecule has 1 amide bonds. The van der Waals surface area contributed by atoms with Crippen molar-refractivity contribution in [1.29, 1.82) is 0 Å². The lowest BCUT2D eigenvalue weighted by Gasteiger charge is -2.08. The smallest absolute Gasteiger partial charge is 0.322 e. The van der Waals surface area contributed by atoms with Crippen LogP contribution in [0.5, 0.6) is 23.0 Å². The molecule has 0 radical (unpaired) electrons. The molecule has 2 rings (SSSR count). The van der Waals surface area contributed by atoms with Crippen LogP contribution < -0.4 is 10.1 Å². The molecule has 1 aromatic heterocycles. The van der Waals surface area contributed by atoms with Gasteiger partial charge in [0.05, 0.1) is 6.20 Å². The van der Waals surface area contributed by atoms with Crippen molar-refractivity contribution in [3.05, 3.63) is 42.2 Å². The Morgan fingerprint density at radius 3 is 2.59 bits per heavy atom. The number of amides is 1. The first kappa shape index (κ1) is 15.1. The Morgan fingerprint density at radius 1 is 1.18 bits per heavy atom. The van der Waals surface area contributed by atoms with Crippen LogP contribution >= 0.6 is 0 Å². The summed E-state index contributed by atoms with van der Waals surface area (Å²) in [5.74, 6) is -2.00. The highest BCUT2D eigenvalue weighted by atomic mass is 16.5. The number of phenolic OH excluding ortho intramolecular Hbond substituents is 1. The summed E-state index contributed by atoms with van der Waals surface area (Å²) in [5.41, 5.74) is -0.315. The maximum absolute atomic E-state index is 11.6. The SMILES string of the molecule is O=C(O)CNC(=O)c1ncc(Oc2cccc(O)c2)cc1O. The number of carbonyl (C=O) groups excluding carboxylic acids is 1. The van der Waals surface area contributed by atoms with Crippen molar-refractivity contribution in [2.45, 2.75) is 0 Å². The number of aromatic nitrogens is 1. The molecule has 0 unspecified atom stereocenters. The van der Waals surface area contributed by atoms with Gasteiger partial charge in [0, 0.05) is 12.1 Å². The molecule has 0 saturated carbocycles. The number of nitrogens with one attached hydrogen (secondary N) is 1. The Labute approximate surface area is 124 Å². The number of rotatable bonds is 5. The maximum Gasteiger partial charge on any atom is 0.322 e. The van der Waals surface area contributed by atoms with Gasteiger partial charge in [-0.2, -0.15) is 0 Å². The van der Waals surface area contributed by atoms with Gasteiger partial charge < -0.3 is 25.4 Å². The summed E-state index contributed by atoms with van der Waals surface area (Å²) in [5, 5.41) is 29.6. The summed E-state index contributed by atoms with van der Waals surface area (Å²) in [7, 11) is 0. The van der Waals surface area contributed by atoms with E-state index in [0.717, 1.165) is 6.07 Å². The van der Waals surface area contributed by atoms with E-state index in [1.54, 1.807) is 12.1 Å². The molecule has 1 heterocycles. The van der Waals surface area contributed by atoms with Crippen molar-refractivity contribution in [1.82, 2.24) is 10.3 Å². The van der Waals surface area contributed by atoms with E-state index in [2.05, 4.69) is 10.3 Å². The fourth-order valence-electron chi connectivity index (χ4n) is 1.59. The van der Waals surface area contributed by atoms with Gasteiger partial charge in [-0.25, -0.2) is 4.98 Å². The molecule has 114 valence electrons. The van der Waals surface area contributed by atoms with Gasteiger partial charge in [-0.15, -0.1) is 0 Å². The van der Waals surface area contributed by atoms with E-state index in [0.29, 0.717) is 5.75 Å². The van der Waals surface area contributed by atoms with Crippen molar-refractivity contribution >= 4 is 11.9 Å². The second-order valence-corrected chi connectivity index (χ2v) is 4.21. The number of aliphatic carboxylic acids is 1. The van der Waals surface area contributed by atoms with E-state index in [1.165, 1.54) is 18.3 Å². The molecule has 0 aliphatic heterocycles. The number of aromatic hydroxyl groups is 2. The molecular weight excluding hydrogens is 292 g/mol. The number of nitrogens with zero attached hydrogens (tertiary/aromatic N) is 1. The summed E-state index contributed by atoms with van der Waals surface area (Å²) in [6.07, 6.45) is 1.19. The van der Waals surface area contributed by atoms with E-state index < -0.39 is 24.2 Å². The zero-order chi connectivity index (χ0) is 16.1. The lowest BCUT2D eigenvalue weighted by atomic mass is 10.3. The number of benzene rings is 1. The van der Waals surface area contributed by atoms with Gasteiger partial charge in [-0.3, -0.25) is 9.59 Å². The lowest BCUT2D eigenvalue weighted by molar-refractivity contribution is -0.135. The van der Waals surface area contributed by atoms with Crippen molar-refractivity contribution < 1.29 is 29.6 Å². The van der Waals surface area contributed by atoms with Crippen LogP contribution in [-0.4, -0.2) is 38.7 Å². The number of carboxylic acid groups (broad SMARTS) is 1. The highest BCUT2D eigenvalue weighted by molar-refractivity contribution is 5.96. The first-order chi connectivity index (χ1) is 10.5. The third-order valence-electron chi connectivity index (χ3n) is 2.51. The van der Waals surface area contributed by atoms with Crippen molar-refractivity contribution in [3.8, 4) is 23.0 Å². The van der Waals surface area contributed by atoms with E-state index in [1.807, 2.05) is 0 Å². The van der Waals surface area contributed by atoms with E-state index in [4.69, 9.17) is 9.84 Å². The van der Waals surface area contributed by atoms with Crippen LogP contribution in [0.25, 0.3) is 0 Å². The fraction of sp³-hybridized carbons (Fsp3) is 0.0714. The topological polar surface area (TPSA) is 129 Å². The number of hydrogen-bond acceptors (Lipinski definition) is 6. The molecule has 0 spiro atoms. The van der Waals surface area contributed by atoms with Gasteiger partial charge in [0.25, 0.3) is 5.91 Å². The summed E-state index contributed by atoms with van der Waals surface area (Å²) in [6, 6.07) is 7.16. The molecule has 1 aromatic carbocycles. The molecule has 8 heteroatoms. The van der Waals surface area contributed by atoms with Crippen molar-refractivity contribution in [2.75, 3.05) is 6.54 Å². The Balaban J connectivity index is 2.12. The number of carboxylic acids is 1. The Kier molecular flexibility index (Phi) is 4.42. The number of pyridine rings is 1. The second kappa shape index (κ2) is 6.44. The summed E-state index contributed by atoms with van der Waals surface area (Å²) < 4.78 is 5.36. The Bertz CT molecular complexity index is 716. The molecular formula is C14H12N2O6. The Morgan fingerprint density at radius 2 is 1.95 bits per heavy atom. The quantitative estimate of drug-likeness (QED) is 0.651. The van der Waals surface area contributed by atoms with Gasteiger partial charge in [0.2, 0.25) is 0 Å². The first-order valence-corrected chi connectivity index (χ1v) is 6.11. The summed E-state index contributed by atoms with van der Waals surface area (Å²) in [4.78, 5) is 25.7. The predicted octanol–water partition coefficient (Wildman–Crippen LogP) is 1.10. The number of ether oxygens (including phenoxy) is 1. The second-order valence-electron chi connectivity index (χ2n) is 4.21. The predicted molar refractivity (Wildman–Crippen MR) is 74.1 cm³/mol. The van der Waals surface area contributed by atoms with Crippen LogP contribution in [0, 0.1) is 0 Å². The molecule has 0 aliphatic rings. The van der Waals surface area contributed by atoms with E-state index in [9.17, 15) is 19.8 Å². The largest absolute Gasteiger partial charge is 0.508 e. The maximum atomic E-state index is 11.6. The monoisotopic (exact) mass is 304 g/mol. The van der Waals surface area contributed by atoms with Gasteiger partial charge in [0.1, 0.15) is 23.8 Å². The van der Waals surface area contributed by atoms with Crippen molar-refractivity contribution in [3.63, 3.8) is 0 Å². The van der Waals surface area contributed by atoms with Gasteiger partial charge >= 0.3 is 5.97 Å².